The quantitative estimate of drug-likeness (QED) is 0.847. The van der Waals surface area contributed by atoms with Crippen molar-refractivity contribution in [2.75, 3.05) is 5.73 Å². The van der Waals surface area contributed by atoms with Crippen molar-refractivity contribution >= 4 is 5.69 Å². The van der Waals surface area contributed by atoms with Crippen molar-refractivity contribution in [3.05, 3.63) is 46.5 Å². The third-order valence-electron chi connectivity index (χ3n) is 3.31. The van der Waals surface area contributed by atoms with Crippen molar-refractivity contribution in [3.8, 4) is 0 Å². The number of hydrogen-bond donors (Lipinski definition) is 1. The predicted octanol–water partition coefficient (Wildman–Crippen LogP) is 2.83. The van der Waals surface area contributed by atoms with Gasteiger partial charge in [0.2, 0.25) is 0 Å². The first-order chi connectivity index (χ1) is 8.52. The molecule has 0 saturated carbocycles. The number of nitrogens with zero attached hydrogens (tertiary/aromatic N) is 2. The van der Waals surface area contributed by atoms with Gasteiger partial charge in [0.1, 0.15) is 5.82 Å². The highest BCUT2D eigenvalue weighted by Crippen LogP contribution is 2.18. The molecule has 2 N–H and O–H groups in total. The molecule has 0 aliphatic rings. The van der Waals surface area contributed by atoms with Crippen LogP contribution in [0.4, 0.5) is 10.1 Å². The van der Waals surface area contributed by atoms with Crippen LogP contribution in [0, 0.1) is 19.7 Å². The van der Waals surface area contributed by atoms with Crippen molar-refractivity contribution in [1.29, 1.82) is 0 Å². The lowest BCUT2D eigenvalue weighted by Crippen LogP contribution is -2.07. The van der Waals surface area contributed by atoms with E-state index in [0.717, 1.165) is 23.4 Å². The number of aryl methyl sites for hydroxylation is 1. The van der Waals surface area contributed by atoms with Gasteiger partial charge in [-0.2, -0.15) is 5.10 Å². The summed E-state index contributed by atoms with van der Waals surface area (Å²) in [5.74, 6) is -0.307. The van der Waals surface area contributed by atoms with Crippen LogP contribution in [0.1, 0.15) is 29.4 Å². The number of nitrogens with two attached hydrogens (primary N) is 1. The number of anilines is 1. The molecule has 1 aromatic carbocycles. The van der Waals surface area contributed by atoms with Crippen LogP contribution >= 0.6 is 0 Å². The maximum atomic E-state index is 13.0. The zero-order valence-corrected chi connectivity index (χ0v) is 11.0. The number of rotatable bonds is 3. The van der Waals surface area contributed by atoms with E-state index in [9.17, 15) is 4.39 Å². The minimum Gasteiger partial charge on any atom is -0.398 e. The number of hydrogen-bond acceptors (Lipinski definition) is 2. The molecule has 0 saturated heterocycles. The molecule has 0 bridgehead atoms. The molecular formula is C14H18FN3. The lowest BCUT2D eigenvalue weighted by Gasteiger charge is -2.08. The van der Waals surface area contributed by atoms with Gasteiger partial charge in [-0.3, -0.25) is 4.68 Å². The maximum Gasteiger partial charge on any atom is 0.125 e. The summed E-state index contributed by atoms with van der Waals surface area (Å²) in [4.78, 5) is 0. The minimum atomic E-state index is -0.307. The third kappa shape index (κ3) is 2.23. The van der Waals surface area contributed by atoms with Crippen molar-refractivity contribution in [1.82, 2.24) is 9.78 Å². The summed E-state index contributed by atoms with van der Waals surface area (Å²) in [6.07, 6.45) is 0.969. The molecule has 0 aliphatic carbocycles. The van der Waals surface area contributed by atoms with Gasteiger partial charge in [-0.1, -0.05) is 13.0 Å². The Morgan fingerprint density at radius 1 is 1.33 bits per heavy atom. The van der Waals surface area contributed by atoms with Crippen molar-refractivity contribution in [2.45, 2.75) is 33.7 Å². The third-order valence-corrected chi connectivity index (χ3v) is 3.31. The van der Waals surface area contributed by atoms with Gasteiger partial charge in [-0.25, -0.2) is 4.39 Å². The van der Waals surface area contributed by atoms with Crippen LogP contribution in [0.2, 0.25) is 0 Å². The van der Waals surface area contributed by atoms with E-state index in [1.54, 1.807) is 6.07 Å². The Kier molecular flexibility index (Phi) is 3.36. The van der Waals surface area contributed by atoms with E-state index in [-0.39, 0.29) is 5.82 Å². The Labute approximate surface area is 106 Å². The summed E-state index contributed by atoms with van der Waals surface area (Å²) >= 11 is 0. The fourth-order valence-corrected chi connectivity index (χ4v) is 2.27. The molecule has 0 aliphatic heterocycles. The van der Waals surface area contributed by atoms with Crippen LogP contribution in [-0.4, -0.2) is 9.78 Å². The normalized spacial score (nSPS) is 10.9. The van der Waals surface area contributed by atoms with Crippen LogP contribution in [0.15, 0.2) is 18.2 Å². The van der Waals surface area contributed by atoms with E-state index in [0.29, 0.717) is 12.2 Å². The van der Waals surface area contributed by atoms with E-state index in [4.69, 9.17) is 5.73 Å². The Bertz CT molecular complexity index is 573. The summed E-state index contributed by atoms with van der Waals surface area (Å²) in [6, 6.07) is 4.49. The molecule has 0 spiro atoms. The van der Waals surface area contributed by atoms with Crippen LogP contribution in [-0.2, 0) is 13.0 Å². The van der Waals surface area contributed by atoms with Gasteiger partial charge in [0.25, 0.3) is 0 Å². The lowest BCUT2D eigenvalue weighted by atomic mass is 10.1. The van der Waals surface area contributed by atoms with Crippen molar-refractivity contribution in [2.24, 2.45) is 0 Å². The van der Waals surface area contributed by atoms with Gasteiger partial charge >= 0.3 is 0 Å². The summed E-state index contributed by atoms with van der Waals surface area (Å²) in [6.45, 7) is 6.77. The molecule has 0 fully saturated rings. The second kappa shape index (κ2) is 4.80. The Hall–Kier alpha value is -1.84. The molecule has 96 valence electrons. The second-order valence-corrected chi connectivity index (χ2v) is 4.50. The molecule has 1 aromatic heterocycles. The topological polar surface area (TPSA) is 43.8 Å². The first-order valence-corrected chi connectivity index (χ1v) is 6.09. The van der Waals surface area contributed by atoms with Crippen LogP contribution < -0.4 is 5.73 Å². The highest BCUT2D eigenvalue weighted by Gasteiger charge is 2.11. The second-order valence-electron chi connectivity index (χ2n) is 4.50. The average molecular weight is 247 g/mol. The number of nitrogen functional groups attached to an aromatic ring is 1. The molecular weight excluding hydrogens is 229 g/mol. The first kappa shape index (κ1) is 12.6. The van der Waals surface area contributed by atoms with Gasteiger partial charge in [-0.15, -0.1) is 0 Å². The number of halogens is 1. The molecule has 2 rings (SSSR count). The minimum absolute atomic E-state index is 0.307. The number of benzene rings is 1. The summed E-state index contributed by atoms with van der Waals surface area (Å²) in [7, 11) is 0. The zero-order chi connectivity index (χ0) is 13.3. The summed E-state index contributed by atoms with van der Waals surface area (Å²) in [5.41, 5.74) is 10.7. The van der Waals surface area contributed by atoms with E-state index in [1.165, 1.54) is 17.7 Å². The fraction of sp³-hybridized carbons (Fsp3) is 0.357. The van der Waals surface area contributed by atoms with E-state index < -0.39 is 0 Å². The van der Waals surface area contributed by atoms with Crippen LogP contribution in [0.25, 0.3) is 0 Å². The van der Waals surface area contributed by atoms with Gasteiger partial charge in [-0.05, 0) is 43.5 Å². The Morgan fingerprint density at radius 2 is 2.06 bits per heavy atom. The molecule has 4 heteroatoms. The molecule has 0 radical (unpaired) electrons. The van der Waals surface area contributed by atoms with Crippen LogP contribution in [0.5, 0.6) is 0 Å². The molecule has 0 amide bonds. The molecule has 3 nitrogen and oxygen atoms in total. The monoisotopic (exact) mass is 247 g/mol. The predicted molar refractivity (Wildman–Crippen MR) is 71.0 cm³/mol. The summed E-state index contributed by atoms with van der Waals surface area (Å²) < 4.78 is 14.9. The largest absolute Gasteiger partial charge is 0.398 e. The van der Waals surface area contributed by atoms with Gasteiger partial charge in [0.05, 0.1) is 12.2 Å². The smallest absolute Gasteiger partial charge is 0.125 e. The van der Waals surface area contributed by atoms with Crippen molar-refractivity contribution in [3.63, 3.8) is 0 Å². The zero-order valence-electron chi connectivity index (χ0n) is 11.0. The van der Waals surface area contributed by atoms with Crippen LogP contribution in [0.3, 0.4) is 0 Å². The molecule has 0 unspecified atom stereocenters. The SMILES string of the molecule is CCc1c(C)nn(Cc2ccc(F)cc2N)c1C. The summed E-state index contributed by atoms with van der Waals surface area (Å²) in [5, 5.41) is 4.51. The van der Waals surface area contributed by atoms with Crippen molar-refractivity contribution < 1.29 is 4.39 Å². The lowest BCUT2D eigenvalue weighted by molar-refractivity contribution is 0.623. The Balaban J connectivity index is 2.34. The van der Waals surface area contributed by atoms with Gasteiger partial charge < -0.3 is 5.73 Å². The average Bonchev–Trinajstić information content (AvgIpc) is 2.58. The van der Waals surface area contributed by atoms with E-state index in [1.807, 2.05) is 11.6 Å². The van der Waals surface area contributed by atoms with Gasteiger partial charge in [0, 0.05) is 11.4 Å². The number of aromatic nitrogens is 2. The fourth-order valence-electron chi connectivity index (χ4n) is 2.27. The maximum absolute atomic E-state index is 13.0. The highest BCUT2D eigenvalue weighted by atomic mass is 19.1. The van der Waals surface area contributed by atoms with Gasteiger partial charge in [0.15, 0.2) is 0 Å². The molecule has 18 heavy (non-hydrogen) atoms. The molecule has 1 heterocycles. The highest BCUT2D eigenvalue weighted by molar-refractivity contribution is 5.47. The Morgan fingerprint density at radius 3 is 2.61 bits per heavy atom. The van der Waals surface area contributed by atoms with E-state index >= 15 is 0 Å². The molecule has 0 atom stereocenters. The first-order valence-electron chi connectivity index (χ1n) is 6.09. The standard InChI is InChI=1S/C14H18FN3/c1-4-13-9(2)17-18(10(13)3)8-11-5-6-12(15)7-14(11)16/h5-7H,4,8,16H2,1-3H3. The molecule has 2 aromatic rings. The van der Waals surface area contributed by atoms with E-state index in [2.05, 4.69) is 18.9 Å².